The van der Waals surface area contributed by atoms with Gasteiger partial charge in [-0.25, -0.2) is 5.84 Å². The van der Waals surface area contributed by atoms with Gasteiger partial charge in [0.25, 0.3) is 0 Å². The lowest BCUT2D eigenvalue weighted by Gasteiger charge is -2.28. The summed E-state index contributed by atoms with van der Waals surface area (Å²) in [7, 11) is 0. The number of nitrogen functional groups attached to an aromatic ring is 1. The van der Waals surface area contributed by atoms with Crippen LogP contribution in [0.4, 0.5) is 17.8 Å². The Hall–Kier alpha value is -2.16. The minimum absolute atomic E-state index is 0.0386. The highest BCUT2D eigenvalue weighted by Crippen LogP contribution is 2.16. The molecule has 0 unspecified atom stereocenters. The van der Waals surface area contributed by atoms with Crippen LogP contribution >= 0.6 is 0 Å². The summed E-state index contributed by atoms with van der Waals surface area (Å²) in [5, 5.41) is 2.77. The number of hydrogen-bond donors (Lipinski definition) is 3. The summed E-state index contributed by atoms with van der Waals surface area (Å²) in [5.74, 6) is 6.68. The molecule has 1 aromatic heterocycles. The van der Waals surface area contributed by atoms with E-state index in [0.29, 0.717) is 30.9 Å². The second-order valence-electron chi connectivity index (χ2n) is 4.35. The van der Waals surface area contributed by atoms with Crippen molar-refractivity contribution in [1.82, 2.24) is 20.3 Å². The first-order chi connectivity index (χ1) is 9.67. The van der Waals surface area contributed by atoms with Gasteiger partial charge in [0, 0.05) is 26.2 Å². The average molecular weight is 280 g/mol. The van der Waals surface area contributed by atoms with Gasteiger partial charge in [-0.3, -0.25) is 10.2 Å². The number of nitrogens with two attached hydrogens (primary N) is 1. The lowest BCUT2D eigenvalue weighted by Crippen LogP contribution is -2.48. The van der Waals surface area contributed by atoms with Gasteiger partial charge in [0.1, 0.15) is 0 Å². The molecule has 1 aliphatic heterocycles. The van der Waals surface area contributed by atoms with Gasteiger partial charge in [0.15, 0.2) is 0 Å². The summed E-state index contributed by atoms with van der Waals surface area (Å²) in [6.07, 6.45) is 0. The Balaban J connectivity index is 2.31. The molecule has 1 fully saturated rings. The quantitative estimate of drug-likeness (QED) is 0.462. The number of hydrogen-bond acceptors (Lipinski definition) is 8. The number of nitrogens with zero attached hydrogens (tertiary/aromatic N) is 5. The first kappa shape index (κ1) is 14.3. The van der Waals surface area contributed by atoms with Crippen molar-refractivity contribution in [2.24, 2.45) is 5.84 Å². The lowest BCUT2D eigenvalue weighted by molar-refractivity contribution is -0.120. The van der Waals surface area contributed by atoms with E-state index in [4.69, 9.17) is 5.84 Å². The summed E-state index contributed by atoms with van der Waals surface area (Å²) in [4.78, 5) is 28.2. The summed E-state index contributed by atoms with van der Waals surface area (Å²) in [5.41, 5.74) is 2.45. The van der Waals surface area contributed by atoms with Crippen LogP contribution in [-0.2, 0) is 4.79 Å². The fourth-order valence-electron chi connectivity index (χ4n) is 2.02. The molecule has 0 atom stereocenters. The summed E-state index contributed by atoms with van der Waals surface area (Å²) in [6, 6.07) is 0. The molecule has 1 saturated heterocycles. The molecule has 0 spiro atoms. The predicted molar refractivity (Wildman–Crippen MR) is 76.4 cm³/mol. The molecule has 1 aromatic rings. The van der Waals surface area contributed by atoms with Crippen LogP contribution in [-0.4, -0.2) is 53.6 Å². The van der Waals surface area contributed by atoms with E-state index in [9.17, 15) is 4.79 Å². The topological polar surface area (TPSA) is 112 Å². The fourth-order valence-corrected chi connectivity index (χ4v) is 2.02. The Bertz CT molecular complexity index is 475. The van der Waals surface area contributed by atoms with E-state index in [1.54, 1.807) is 0 Å². The number of amides is 1. The zero-order valence-corrected chi connectivity index (χ0v) is 11.8. The zero-order chi connectivity index (χ0) is 14.5. The molecule has 4 N–H and O–H groups in total. The SMILES string of the molecule is CCN(CC)c1nc(NN)nc(N2CCNC(=O)C2)n1. The Morgan fingerprint density at radius 2 is 2.10 bits per heavy atom. The molecule has 0 aliphatic carbocycles. The third kappa shape index (κ3) is 3.05. The van der Waals surface area contributed by atoms with Crippen molar-refractivity contribution < 1.29 is 4.79 Å². The average Bonchev–Trinajstić information content (AvgIpc) is 2.48. The van der Waals surface area contributed by atoms with Crippen molar-refractivity contribution in [2.45, 2.75) is 13.8 Å². The maximum absolute atomic E-state index is 11.5. The van der Waals surface area contributed by atoms with E-state index in [0.717, 1.165) is 13.1 Å². The van der Waals surface area contributed by atoms with E-state index in [1.165, 1.54) is 0 Å². The standard InChI is InChI=1S/C11H20N8O/c1-3-18(4-2)10-14-9(17-12)15-11(16-10)19-6-5-13-8(20)7-19/h3-7,12H2,1-2H3,(H,13,20)(H,14,15,16,17). The van der Waals surface area contributed by atoms with E-state index < -0.39 is 0 Å². The molecule has 20 heavy (non-hydrogen) atoms. The van der Waals surface area contributed by atoms with Crippen molar-refractivity contribution in [2.75, 3.05) is 47.9 Å². The molecule has 2 heterocycles. The molecule has 9 heteroatoms. The van der Waals surface area contributed by atoms with Crippen LogP contribution in [0.5, 0.6) is 0 Å². The van der Waals surface area contributed by atoms with Gasteiger partial charge < -0.3 is 15.1 Å². The van der Waals surface area contributed by atoms with Crippen LogP contribution in [0.3, 0.4) is 0 Å². The van der Waals surface area contributed by atoms with Gasteiger partial charge in [0.05, 0.1) is 6.54 Å². The number of anilines is 3. The third-order valence-corrected chi connectivity index (χ3v) is 3.11. The van der Waals surface area contributed by atoms with Gasteiger partial charge in [-0.1, -0.05) is 0 Å². The number of nitrogens with one attached hydrogen (secondary N) is 2. The van der Waals surface area contributed by atoms with Gasteiger partial charge in [0.2, 0.25) is 23.8 Å². The van der Waals surface area contributed by atoms with Crippen LogP contribution in [0, 0.1) is 0 Å². The number of aromatic nitrogens is 3. The lowest BCUT2D eigenvalue weighted by atomic mass is 10.4. The monoisotopic (exact) mass is 280 g/mol. The second kappa shape index (κ2) is 6.33. The molecule has 0 radical (unpaired) electrons. The van der Waals surface area contributed by atoms with Gasteiger partial charge in [-0.05, 0) is 13.8 Å². The highest BCUT2D eigenvalue weighted by molar-refractivity contribution is 5.82. The smallest absolute Gasteiger partial charge is 0.243 e. The number of carbonyl (C=O) groups excluding carboxylic acids is 1. The number of rotatable bonds is 5. The summed E-state index contributed by atoms with van der Waals surface area (Å²) in [6.45, 7) is 7.10. The molecule has 0 aromatic carbocycles. The van der Waals surface area contributed by atoms with Crippen LogP contribution in [0.1, 0.15) is 13.8 Å². The van der Waals surface area contributed by atoms with Crippen LogP contribution in [0.2, 0.25) is 0 Å². The van der Waals surface area contributed by atoms with Crippen molar-refractivity contribution in [1.29, 1.82) is 0 Å². The highest BCUT2D eigenvalue weighted by atomic mass is 16.2. The molecule has 2 rings (SSSR count). The van der Waals surface area contributed by atoms with E-state index in [1.807, 2.05) is 23.6 Å². The first-order valence-electron chi connectivity index (χ1n) is 6.67. The van der Waals surface area contributed by atoms with Crippen molar-refractivity contribution in [3.05, 3.63) is 0 Å². The molecule has 9 nitrogen and oxygen atoms in total. The fraction of sp³-hybridized carbons (Fsp3) is 0.636. The number of piperazine rings is 1. The Labute approximate surface area is 117 Å². The summed E-state index contributed by atoms with van der Waals surface area (Å²) < 4.78 is 0. The highest BCUT2D eigenvalue weighted by Gasteiger charge is 2.21. The Morgan fingerprint density at radius 3 is 2.70 bits per heavy atom. The molecular formula is C11H20N8O. The predicted octanol–water partition coefficient (Wildman–Crippen LogP) is -1.06. The van der Waals surface area contributed by atoms with E-state index in [2.05, 4.69) is 25.7 Å². The number of hydrazine groups is 1. The molecule has 0 saturated carbocycles. The molecular weight excluding hydrogens is 260 g/mol. The third-order valence-electron chi connectivity index (χ3n) is 3.11. The molecule has 0 bridgehead atoms. The van der Waals surface area contributed by atoms with Gasteiger partial charge in [-0.2, -0.15) is 15.0 Å². The maximum atomic E-state index is 11.5. The van der Waals surface area contributed by atoms with Crippen LogP contribution in [0.15, 0.2) is 0 Å². The Morgan fingerprint density at radius 1 is 1.35 bits per heavy atom. The van der Waals surface area contributed by atoms with Gasteiger partial charge in [-0.15, -0.1) is 0 Å². The summed E-state index contributed by atoms with van der Waals surface area (Å²) >= 11 is 0. The molecule has 1 amide bonds. The van der Waals surface area contributed by atoms with Crippen molar-refractivity contribution >= 4 is 23.8 Å². The molecule has 1 aliphatic rings. The van der Waals surface area contributed by atoms with E-state index >= 15 is 0 Å². The first-order valence-corrected chi connectivity index (χ1v) is 6.67. The van der Waals surface area contributed by atoms with Crippen molar-refractivity contribution in [3.8, 4) is 0 Å². The Kier molecular flexibility index (Phi) is 4.51. The van der Waals surface area contributed by atoms with Gasteiger partial charge >= 0.3 is 0 Å². The minimum Gasteiger partial charge on any atom is -0.353 e. The van der Waals surface area contributed by atoms with Crippen LogP contribution < -0.4 is 26.4 Å². The largest absolute Gasteiger partial charge is 0.353 e. The van der Waals surface area contributed by atoms with Crippen molar-refractivity contribution in [3.63, 3.8) is 0 Å². The minimum atomic E-state index is -0.0386. The zero-order valence-electron chi connectivity index (χ0n) is 11.8. The van der Waals surface area contributed by atoms with E-state index in [-0.39, 0.29) is 12.5 Å². The van der Waals surface area contributed by atoms with Crippen LogP contribution in [0.25, 0.3) is 0 Å². The molecule has 110 valence electrons. The maximum Gasteiger partial charge on any atom is 0.243 e. The normalized spacial score (nSPS) is 14.9. The second-order valence-corrected chi connectivity index (χ2v) is 4.35. The number of carbonyl (C=O) groups is 1.